The van der Waals surface area contributed by atoms with E-state index in [0.29, 0.717) is 11.3 Å². The van der Waals surface area contributed by atoms with E-state index in [4.69, 9.17) is 14.6 Å². The first-order chi connectivity index (χ1) is 12.8. The van der Waals surface area contributed by atoms with Gasteiger partial charge in [0.25, 0.3) is 5.91 Å². The summed E-state index contributed by atoms with van der Waals surface area (Å²) in [6.45, 7) is -0.626. The van der Waals surface area contributed by atoms with Crippen molar-refractivity contribution in [1.29, 1.82) is 0 Å². The number of carbonyl (C=O) groups is 2. The molecule has 2 aromatic rings. The lowest BCUT2D eigenvalue weighted by Crippen LogP contribution is -2.54. The van der Waals surface area contributed by atoms with Crippen LogP contribution in [0.2, 0.25) is 0 Å². The standard InChI is InChI=1S/C18H19NO8/c20-13-8-26-18(16(24)15(13)23)27-12-4-3-9-5-11(2-1-10(9)6-12)17(25)19-7-14(21)22/h1-6,13,15-16,18,20,23-24H,7-8H2,(H,19,25)(H,21,22)/t13-,15+,16-,18+/m1/s1. The highest BCUT2D eigenvalue weighted by Gasteiger charge is 2.38. The molecule has 4 atom stereocenters. The lowest BCUT2D eigenvalue weighted by Gasteiger charge is -2.34. The molecular weight excluding hydrogens is 358 g/mol. The Morgan fingerprint density at radius 3 is 2.52 bits per heavy atom. The van der Waals surface area contributed by atoms with E-state index >= 15 is 0 Å². The van der Waals surface area contributed by atoms with Crippen LogP contribution in [-0.4, -0.2) is 70.1 Å². The van der Waals surface area contributed by atoms with Gasteiger partial charge >= 0.3 is 5.97 Å². The van der Waals surface area contributed by atoms with E-state index in [-0.39, 0.29) is 6.61 Å². The third kappa shape index (κ3) is 4.34. The predicted octanol–water partition coefficient (Wildman–Crippen LogP) is -0.528. The Morgan fingerprint density at radius 1 is 1.07 bits per heavy atom. The lowest BCUT2D eigenvalue weighted by atomic mass is 10.1. The molecule has 1 amide bonds. The number of aliphatic hydroxyl groups excluding tert-OH is 3. The summed E-state index contributed by atoms with van der Waals surface area (Å²) >= 11 is 0. The molecule has 0 bridgehead atoms. The Morgan fingerprint density at radius 2 is 1.78 bits per heavy atom. The minimum absolute atomic E-state index is 0.161. The normalized spacial score (nSPS) is 25.1. The molecule has 27 heavy (non-hydrogen) atoms. The molecule has 9 heteroatoms. The number of aliphatic hydroxyl groups is 3. The number of benzene rings is 2. The van der Waals surface area contributed by atoms with Gasteiger partial charge in [0, 0.05) is 5.56 Å². The average Bonchev–Trinajstić information content (AvgIpc) is 2.66. The largest absolute Gasteiger partial charge is 0.480 e. The molecule has 1 heterocycles. The quantitative estimate of drug-likeness (QED) is 0.468. The van der Waals surface area contributed by atoms with Gasteiger partial charge in [-0.1, -0.05) is 12.1 Å². The maximum absolute atomic E-state index is 11.9. The summed E-state index contributed by atoms with van der Waals surface area (Å²) in [6, 6.07) is 9.81. The summed E-state index contributed by atoms with van der Waals surface area (Å²) in [6.07, 6.45) is -5.06. The van der Waals surface area contributed by atoms with Crippen LogP contribution < -0.4 is 10.1 Å². The molecule has 0 spiro atoms. The zero-order valence-electron chi connectivity index (χ0n) is 14.1. The summed E-state index contributed by atoms with van der Waals surface area (Å²) in [5, 5.41) is 41.4. The van der Waals surface area contributed by atoms with Gasteiger partial charge in [-0.25, -0.2) is 0 Å². The number of carboxylic acids is 1. The zero-order valence-corrected chi connectivity index (χ0v) is 14.1. The van der Waals surface area contributed by atoms with Crippen LogP contribution in [0.15, 0.2) is 36.4 Å². The smallest absolute Gasteiger partial charge is 0.322 e. The summed E-state index contributed by atoms with van der Waals surface area (Å²) in [4.78, 5) is 22.5. The SMILES string of the molecule is O=C(O)CNC(=O)c1ccc2cc(O[C@@H]3OC[C@@H](O)[C@H](O)[C@H]3O)ccc2c1. The van der Waals surface area contributed by atoms with Crippen molar-refractivity contribution in [2.75, 3.05) is 13.2 Å². The van der Waals surface area contributed by atoms with Crippen LogP contribution in [0.3, 0.4) is 0 Å². The van der Waals surface area contributed by atoms with Crippen LogP contribution in [0, 0.1) is 0 Å². The van der Waals surface area contributed by atoms with Crippen LogP contribution in [0.25, 0.3) is 10.8 Å². The molecule has 5 N–H and O–H groups in total. The highest BCUT2D eigenvalue weighted by atomic mass is 16.7. The molecule has 0 unspecified atom stereocenters. The molecule has 1 aliphatic heterocycles. The Bertz CT molecular complexity index is 854. The lowest BCUT2D eigenvalue weighted by molar-refractivity contribution is -0.242. The number of carboxylic acid groups (broad SMARTS) is 1. The Hall–Kier alpha value is -2.72. The van der Waals surface area contributed by atoms with E-state index in [1.54, 1.807) is 36.4 Å². The maximum Gasteiger partial charge on any atom is 0.322 e. The molecule has 0 aromatic heterocycles. The number of nitrogens with one attached hydrogen (secondary N) is 1. The summed E-state index contributed by atoms with van der Waals surface area (Å²) in [7, 11) is 0. The van der Waals surface area contributed by atoms with E-state index in [0.717, 1.165) is 10.8 Å². The second-order valence-electron chi connectivity index (χ2n) is 6.17. The van der Waals surface area contributed by atoms with Gasteiger partial charge < -0.3 is 35.2 Å². The van der Waals surface area contributed by atoms with Crippen LogP contribution in [0.1, 0.15) is 10.4 Å². The van der Waals surface area contributed by atoms with Gasteiger partial charge in [0.1, 0.15) is 30.6 Å². The number of rotatable bonds is 5. The third-order valence-electron chi connectivity index (χ3n) is 4.18. The van der Waals surface area contributed by atoms with Gasteiger partial charge in [0.05, 0.1) is 6.61 Å². The van der Waals surface area contributed by atoms with Crippen LogP contribution in [0.4, 0.5) is 0 Å². The van der Waals surface area contributed by atoms with E-state index < -0.39 is 43.0 Å². The van der Waals surface area contributed by atoms with Crippen molar-refractivity contribution < 1.29 is 39.5 Å². The molecule has 1 saturated heterocycles. The number of fused-ring (bicyclic) bond motifs is 1. The molecule has 1 fully saturated rings. The number of ether oxygens (including phenoxy) is 2. The van der Waals surface area contributed by atoms with E-state index in [1.165, 1.54) is 0 Å². The van der Waals surface area contributed by atoms with Gasteiger partial charge in [-0.15, -0.1) is 0 Å². The Balaban J connectivity index is 1.73. The number of amides is 1. The number of carbonyl (C=O) groups excluding carboxylic acids is 1. The number of aliphatic carboxylic acids is 1. The second-order valence-corrected chi connectivity index (χ2v) is 6.17. The predicted molar refractivity (Wildman–Crippen MR) is 92.3 cm³/mol. The minimum Gasteiger partial charge on any atom is -0.480 e. The zero-order chi connectivity index (χ0) is 19.6. The highest BCUT2D eigenvalue weighted by molar-refractivity contribution is 5.99. The van der Waals surface area contributed by atoms with Crippen molar-refractivity contribution in [1.82, 2.24) is 5.32 Å². The molecule has 2 aromatic carbocycles. The fourth-order valence-corrected chi connectivity index (χ4v) is 2.71. The fourth-order valence-electron chi connectivity index (χ4n) is 2.71. The summed E-state index contributed by atoms with van der Waals surface area (Å²) in [5.74, 6) is -1.25. The van der Waals surface area contributed by atoms with Crippen LogP contribution in [-0.2, 0) is 9.53 Å². The molecule has 9 nitrogen and oxygen atoms in total. The van der Waals surface area contributed by atoms with Crippen molar-refractivity contribution in [3.05, 3.63) is 42.0 Å². The molecule has 0 aliphatic carbocycles. The maximum atomic E-state index is 11.9. The second kappa shape index (κ2) is 7.89. The Kier molecular flexibility index (Phi) is 5.57. The topological polar surface area (TPSA) is 146 Å². The van der Waals surface area contributed by atoms with Crippen molar-refractivity contribution in [3.63, 3.8) is 0 Å². The fraction of sp³-hybridized carbons (Fsp3) is 0.333. The average molecular weight is 377 g/mol. The first kappa shape index (κ1) is 19.1. The summed E-state index contributed by atoms with van der Waals surface area (Å²) in [5.41, 5.74) is 0.320. The van der Waals surface area contributed by atoms with Gasteiger partial charge in [-0.2, -0.15) is 0 Å². The van der Waals surface area contributed by atoms with Crippen molar-refractivity contribution >= 4 is 22.6 Å². The van der Waals surface area contributed by atoms with Crippen LogP contribution in [0.5, 0.6) is 5.75 Å². The van der Waals surface area contributed by atoms with E-state index in [2.05, 4.69) is 5.32 Å². The molecule has 0 radical (unpaired) electrons. The van der Waals surface area contributed by atoms with Gasteiger partial charge in [-0.3, -0.25) is 9.59 Å². The first-order valence-corrected chi connectivity index (χ1v) is 8.21. The van der Waals surface area contributed by atoms with Gasteiger partial charge in [-0.05, 0) is 35.0 Å². The van der Waals surface area contributed by atoms with Crippen molar-refractivity contribution in [3.8, 4) is 5.75 Å². The highest BCUT2D eigenvalue weighted by Crippen LogP contribution is 2.25. The van der Waals surface area contributed by atoms with E-state index in [1.807, 2.05) is 0 Å². The molecule has 144 valence electrons. The Labute approximate surface area is 153 Å². The van der Waals surface area contributed by atoms with E-state index in [9.17, 15) is 24.9 Å². The van der Waals surface area contributed by atoms with Crippen molar-refractivity contribution in [2.45, 2.75) is 24.6 Å². The third-order valence-corrected chi connectivity index (χ3v) is 4.18. The monoisotopic (exact) mass is 377 g/mol. The van der Waals surface area contributed by atoms with Gasteiger partial charge in [0.2, 0.25) is 6.29 Å². The summed E-state index contributed by atoms with van der Waals surface area (Å²) < 4.78 is 10.8. The molecule has 1 aliphatic rings. The number of hydrogen-bond donors (Lipinski definition) is 5. The molecule has 3 rings (SSSR count). The van der Waals surface area contributed by atoms with Crippen molar-refractivity contribution in [2.24, 2.45) is 0 Å². The first-order valence-electron chi connectivity index (χ1n) is 8.21. The molecule has 0 saturated carbocycles. The minimum atomic E-state index is -1.40. The number of hydrogen-bond acceptors (Lipinski definition) is 7. The van der Waals surface area contributed by atoms with Crippen LogP contribution >= 0.6 is 0 Å². The van der Waals surface area contributed by atoms with Gasteiger partial charge in [0.15, 0.2) is 0 Å². The molecular formula is C18H19NO8.